The van der Waals surface area contributed by atoms with E-state index in [1.54, 1.807) is 0 Å². The van der Waals surface area contributed by atoms with Gasteiger partial charge in [-0.25, -0.2) is 8.37 Å². The number of unbranched alkanes of at least 4 members (excludes halogenated alkanes) is 12. The standard InChI is InChI=1S/C18H38O4S.C4H10O.H3N/c1-3-5-7-9-11-12-14-16-18-22-23(19,20)21-17-15-13-10-8-6-4-2;1-3-5-4-2;/h3-18H2,1-2H3;3-4H2,1-2H3;1H3. The lowest BCUT2D eigenvalue weighted by Gasteiger charge is -2.06. The maximum absolute atomic E-state index is 11.5. The van der Waals surface area contributed by atoms with Crippen molar-refractivity contribution in [1.82, 2.24) is 6.15 Å². The zero-order chi connectivity index (χ0) is 21.3. The van der Waals surface area contributed by atoms with Crippen LogP contribution in [0.3, 0.4) is 0 Å². The highest BCUT2D eigenvalue weighted by molar-refractivity contribution is 7.81. The van der Waals surface area contributed by atoms with Crippen LogP contribution in [0.4, 0.5) is 0 Å². The first-order valence-electron chi connectivity index (χ1n) is 11.6. The van der Waals surface area contributed by atoms with Gasteiger partial charge in [-0.2, -0.15) is 8.42 Å². The predicted octanol–water partition coefficient (Wildman–Crippen LogP) is 6.97. The smallest absolute Gasteiger partial charge is 0.382 e. The van der Waals surface area contributed by atoms with Crippen LogP contribution >= 0.6 is 0 Å². The second-order valence-electron chi connectivity index (χ2n) is 7.08. The highest BCUT2D eigenvalue weighted by Crippen LogP contribution is 2.10. The lowest BCUT2D eigenvalue weighted by Crippen LogP contribution is -2.12. The molecule has 0 atom stereocenters. The highest BCUT2D eigenvalue weighted by atomic mass is 32.3. The molecule has 0 saturated heterocycles. The molecule has 0 heterocycles. The Morgan fingerprint density at radius 3 is 1.10 bits per heavy atom. The topological polar surface area (TPSA) is 96.8 Å². The molecule has 0 amide bonds. The Hall–Kier alpha value is -0.210. The summed E-state index contributed by atoms with van der Waals surface area (Å²) in [4.78, 5) is 0. The summed E-state index contributed by atoms with van der Waals surface area (Å²) in [7, 11) is -3.78. The zero-order valence-corrected chi connectivity index (χ0v) is 20.7. The molecule has 0 aliphatic rings. The summed E-state index contributed by atoms with van der Waals surface area (Å²) >= 11 is 0. The van der Waals surface area contributed by atoms with Crippen LogP contribution in [0.25, 0.3) is 0 Å². The molecule has 3 N–H and O–H groups in total. The van der Waals surface area contributed by atoms with Crippen molar-refractivity contribution in [2.45, 2.75) is 118 Å². The van der Waals surface area contributed by atoms with Crippen LogP contribution in [-0.2, 0) is 23.5 Å². The van der Waals surface area contributed by atoms with Gasteiger partial charge in [0, 0.05) is 13.2 Å². The number of ether oxygens (including phenoxy) is 1. The lowest BCUT2D eigenvalue weighted by atomic mass is 10.1. The summed E-state index contributed by atoms with van der Waals surface area (Å²) in [6, 6.07) is 0. The van der Waals surface area contributed by atoms with Gasteiger partial charge in [0.2, 0.25) is 0 Å². The van der Waals surface area contributed by atoms with Gasteiger partial charge in [-0.15, -0.1) is 0 Å². The van der Waals surface area contributed by atoms with Gasteiger partial charge >= 0.3 is 10.4 Å². The molecule has 0 aliphatic carbocycles. The van der Waals surface area contributed by atoms with E-state index in [1.165, 1.54) is 51.4 Å². The summed E-state index contributed by atoms with van der Waals surface area (Å²) in [6.45, 7) is 10.5. The largest absolute Gasteiger partial charge is 0.399 e. The van der Waals surface area contributed by atoms with Crippen LogP contribution in [-0.4, -0.2) is 34.8 Å². The summed E-state index contributed by atoms with van der Waals surface area (Å²) < 4.78 is 37.6. The second-order valence-corrected chi connectivity index (χ2v) is 8.36. The van der Waals surface area contributed by atoms with Crippen molar-refractivity contribution in [3.8, 4) is 0 Å². The van der Waals surface area contributed by atoms with Crippen LogP contribution < -0.4 is 6.15 Å². The molecule has 7 heteroatoms. The van der Waals surface area contributed by atoms with Gasteiger partial charge in [-0.05, 0) is 26.7 Å². The molecule has 180 valence electrons. The third-order valence-corrected chi connectivity index (χ3v) is 5.27. The average molecular weight is 442 g/mol. The van der Waals surface area contributed by atoms with Crippen molar-refractivity contribution in [2.75, 3.05) is 26.4 Å². The van der Waals surface area contributed by atoms with E-state index in [0.29, 0.717) is 0 Å². The molecular weight excluding hydrogens is 390 g/mol. The minimum Gasteiger partial charge on any atom is -0.382 e. The fraction of sp³-hybridized carbons (Fsp3) is 1.00. The van der Waals surface area contributed by atoms with Gasteiger partial charge in [0.05, 0.1) is 13.2 Å². The van der Waals surface area contributed by atoms with Crippen LogP contribution in [0.2, 0.25) is 0 Å². The van der Waals surface area contributed by atoms with E-state index in [0.717, 1.165) is 51.7 Å². The summed E-state index contributed by atoms with van der Waals surface area (Å²) in [5, 5.41) is 0. The van der Waals surface area contributed by atoms with Crippen molar-refractivity contribution < 1.29 is 21.5 Å². The van der Waals surface area contributed by atoms with E-state index in [2.05, 4.69) is 13.8 Å². The molecule has 0 saturated carbocycles. The predicted molar refractivity (Wildman–Crippen MR) is 124 cm³/mol. The Labute approximate surface area is 182 Å². The molecule has 0 aromatic carbocycles. The van der Waals surface area contributed by atoms with E-state index < -0.39 is 10.4 Å². The van der Waals surface area contributed by atoms with E-state index >= 15 is 0 Å². The van der Waals surface area contributed by atoms with Gasteiger partial charge < -0.3 is 10.9 Å². The Balaban J connectivity index is -0.000000997. The van der Waals surface area contributed by atoms with Gasteiger partial charge in [-0.1, -0.05) is 90.9 Å². The Morgan fingerprint density at radius 2 is 0.828 bits per heavy atom. The fourth-order valence-electron chi connectivity index (χ4n) is 2.68. The van der Waals surface area contributed by atoms with E-state index in [-0.39, 0.29) is 19.4 Å². The Bertz CT molecular complexity index is 375. The normalized spacial score (nSPS) is 10.9. The van der Waals surface area contributed by atoms with E-state index in [9.17, 15) is 8.42 Å². The molecule has 0 bridgehead atoms. The first-order valence-corrected chi connectivity index (χ1v) is 13.0. The molecule has 0 radical (unpaired) electrons. The second kappa shape index (κ2) is 27.8. The summed E-state index contributed by atoms with van der Waals surface area (Å²) in [5.74, 6) is 0. The van der Waals surface area contributed by atoms with Gasteiger partial charge in [0.15, 0.2) is 0 Å². The molecule has 6 nitrogen and oxygen atoms in total. The lowest BCUT2D eigenvalue weighted by molar-refractivity contribution is 0.162. The average Bonchev–Trinajstić information content (AvgIpc) is 2.67. The molecule has 0 rings (SSSR count). The molecule has 0 aromatic rings. The van der Waals surface area contributed by atoms with Gasteiger partial charge in [-0.3, -0.25) is 0 Å². The summed E-state index contributed by atoms with van der Waals surface area (Å²) in [5.41, 5.74) is 0. The first kappa shape index (κ1) is 33.4. The first-order chi connectivity index (χ1) is 13.5. The van der Waals surface area contributed by atoms with Crippen LogP contribution in [0.5, 0.6) is 0 Å². The zero-order valence-electron chi connectivity index (χ0n) is 19.9. The van der Waals surface area contributed by atoms with Crippen LogP contribution in [0.1, 0.15) is 118 Å². The number of hydrogen-bond acceptors (Lipinski definition) is 6. The van der Waals surface area contributed by atoms with Crippen molar-refractivity contribution in [1.29, 1.82) is 0 Å². The third kappa shape index (κ3) is 32.7. The van der Waals surface area contributed by atoms with E-state index in [4.69, 9.17) is 13.1 Å². The van der Waals surface area contributed by atoms with Crippen LogP contribution in [0, 0.1) is 0 Å². The maximum atomic E-state index is 11.5. The maximum Gasteiger partial charge on any atom is 0.399 e. The molecule has 29 heavy (non-hydrogen) atoms. The molecule has 0 unspecified atom stereocenters. The highest BCUT2D eigenvalue weighted by Gasteiger charge is 2.10. The molecule has 0 spiro atoms. The quantitative estimate of drug-likeness (QED) is 0.205. The van der Waals surface area contributed by atoms with E-state index in [1.807, 2.05) is 13.8 Å². The summed E-state index contributed by atoms with van der Waals surface area (Å²) in [6.07, 6.45) is 16.0. The Kier molecular flexibility index (Phi) is 32.0. The van der Waals surface area contributed by atoms with Crippen molar-refractivity contribution in [2.24, 2.45) is 0 Å². The third-order valence-electron chi connectivity index (χ3n) is 4.36. The van der Waals surface area contributed by atoms with Crippen molar-refractivity contribution in [3.63, 3.8) is 0 Å². The van der Waals surface area contributed by atoms with Crippen molar-refractivity contribution >= 4 is 10.4 Å². The monoisotopic (exact) mass is 441 g/mol. The minimum atomic E-state index is -3.78. The number of rotatable bonds is 20. The molecular formula is C22H51NO5S. The Morgan fingerprint density at radius 1 is 0.517 bits per heavy atom. The molecule has 0 aromatic heterocycles. The van der Waals surface area contributed by atoms with Gasteiger partial charge in [0.1, 0.15) is 0 Å². The van der Waals surface area contributed by atoms with Gasteiger partial charge in [0.25, 0.3) is 0 Å². The minimum absolute atomic E-state index is 0. The fourth-order valence-corrected chi connectivity index (χ4v) is 3.39. The van der Waals surface area contributed by atoms with Crippen molar-refractivity contribution in [3.05, 3.63) is 0 Å². The SMILES string of the molecule is CCCCCCCCCCOS(=O)(=O)OCCCCCCCC.CCOCC.N. The number of hydrogen-bond donors (Lipinski definition) is 1. The molecule has 0 fully saturated rings. The molecule has 0 aliphatic heterocycles. The van der Waals surface area contributed by atoms with Crippen LogP contribution in [0.15, 0.2) is 0 Å².